The summed E-state index contributed by atoms with van der Waals surface area (Å²) in [6.45, 7) is 2.21. The Morgan fingerprint density at radius 1 is 1.20 bits per heavy atom. The molecule has 0 radical (unpaired) electrons. The number of hydrogen-bond donors (Lipinski definition) is 0. The molecule has 0 spiro atoms. The Balaban J connectivity index is 2.29. The lowest BCUT2D eigenvalue weighted by atomic mass is 9.91. The van der Waals surface area contributed by atoms with Crippen LogP contribution in [-0.4, -0.2) is 5.16 Å². The molecule has 2 bridgehead atoms. The van der Waals surface area contributed by atoms with Crippen LogP contribution in [-0.2, 0) is 0 Å². The SMILES string of the molecule is CC1C2=CC=CC=C1c1cnoc1C=C2. The first-order valence-electron chi connectivity index (χ1n) is 5.08. The number of fused-ring (bicyclic) bond motifs is 4. The minimum Gasteiger partial charge on any atom is -0.356 e. The average Bonchev–Trinajstić information content (AvgIpc) is 2.59. The zero-order valence-electron chi connectivity index (χ0n) is 8.47. The molecule has 0 amide bonds. The van der Waals surface area contributed by atoms with Crippen molar-refractivity contribution in [1.82, 2.24) is 5.16 Å². The van der Waals surface area contributed by atoms with Crippen molar-refractivity contribution in [3.8, 4) is 0 Å². The van der Waals surface area contributed by atoms with Gasteiger partial charge in [0.25, 0.3) is 0 Å². The van der Waals surface area contributed by atoms with Crippen molar-refractivity contribution < 1.29 is 4.52 Å². The summed E-state index contributed by atoms with van der Waals surface area (Å²) in [5.41, 5.74) is 3.69. The van der Waals surface area contributed by atoms with E-state index in [4.69, 9.17) is 4.52 Å². The van der Waals surface area contributed by atoms with Gasteiger partial charge >= 0.3 is 0 Å². The Morgan fingerprint density at radius 2 is 2.07 bits per heavy atom. The molecular weight excluding hydrogens is 186 g/mol. The molecule has 1 heterocycles. The van der Waals surface area contributed by atoms with Gasteiger partial charge in [0.15, 0.2) is 5.76 Å². The molecule has 1 atom stereocenters. The first kappa shape index (κ1) is 8.48. The van der Waals surface area contributed by atoms with Crippen molar-refractivity contribution in [2.45, 2.75) is 6.92 Å². The van der Waals surface area contributed by atoms with Crippen LogP contribution in [0.25, 0.3) is 11.6 Å². The molecule has 0 aromatic carbocycles. The van der Waals surface area contributed by atoms with Crippen molar-refractivity contribution in [3.05, 3.63) is 53.5 Å². The summed E-state index contributed by atoms with van der Waals surface area (Å²) in [6.07, 6.45) is 14.3. The Kier molecular flexibility index (Phi) is 1.75. The predicted molar refractivity (Wildman–Crippen MR) is 59.9 cm³/mol. The maximum atomic E-state index is 5.20. The third-order valence-corrected chi connectivity index (χ3v) is 2.98. The van der Waals surface area contributed by atoms with Crippen molar-refractivity contribution in [3.63, 3.8) is 0 Å². The zero-order valence-corrected chi connectivity index (χ0v) is 8.47. The molecule has 0 saturated heterocycles. The first-order valence-corrected chi connectivity index (χ1v) is 5.08. The van der Waals surface area contributed by atoms with Crippen molar-refractivity contribution >= 4 is 11.6 Å². The molecule has 1 aromatic heterocycles. The fourth-order valence-corrected chi connectivity index (χ4v) is 2.07. The summed E-state index contributed by atoms with van der Waals surface area (Å²) in [5, 5.41) is 3.85. The lowest BCUT2D eigenvalue weighted by Gasteiger charge is -2.12. The van der Waals surface area contributed by atoms with Gasteiger partial charge in [0.05, 0.1) is 6.20 Å². The van der Waals surface area contributed by atoms with Crippen molar-refractivity contribution in [1.29, 1.82) is 0 Å². The minimum absolute atomic E-state index is 0.400. The van der Waals surface area contributed by atoms with Gasteiger partial charge in [-0.2, -0.15) is 0 Å². The van der Waals surface area contributed by atoms with Crippen LogP contribution in [0.5, 0.6) is 0 Å². The molecule has 0 saturated carbocycles. The molecule has 2 aliphatic rings. The highest BCUT2D eigenvalue weighted by Gasteiger charge is 2.21. The normalized spacial score (nSPS) is 22.6. The monoisotopic (exact) mass is 197 g/mol. The molecule has 1 unspecified atom stereocenters. The third-order valence-electron chi connectivity index (χ3n) is 2.98. The molecule has 2 nitrogen and oxygen atoms in total. The summed E-state index contributed by atoms with van der Waals surface area (Å²) >= 11 is 0. The number of aromatic nitrogens is 1. The molecular formula is C13H11NO. The van der Waals surface area contributed by atoms with Gasteiger partial charge in [0.2, 0.25) is 0 Å². The summed E-state index contributed by atoms with van der Waals surface area (Å²) in [7, 11) is 0. The maximum absolute atomic E-state index is 5.20. The van der Waals surface area contributed by atoms with Gasteiger partial charge in [0, 0.05) is 11.5 Å². The van der Waals surface area contributed by atoms with E-state index in [-0.39, 0.29) is 0 Å². The van der Waals surface area contributed by atoms with Gasteiger partial charge in [-0.1, -0.05) is 42.5 Å². The van der Waals surface area contributed by atoms with E-state index in [1.54, 1.807) is 6.20 Å². The van der Waals surface area contributed by atoms with Gasteiger partial charge in [-0.05, 0) is 17.2 Å². The van der Waals surface area contributed by atoms with Crippen LogP contribution in [0.4, 0.5) is 0 Å². The Bertz CT molecular complexity index is 514. The molecule has 1 aromatic rings. The van der Waals surface area contributed by atoms with Gasteiger partial charge in [-0.15, -0.1) is 0 Å². The largest absolute Gasteiger partial charge is 0.356 e. The average molecular weight is 197 g/mol. The van der Waals surface area contributed by atoms with Crippen LogP contribution in [0.3, 0.4) is 0 Å². The quantitative estimate of drug-likeness (QED) is 0.638. The highest BCUT2D eigenvalue weighted by atomic mass is 16.5. The van der Waals surface area contributed by atoms with E-state index in [1.165, 1.54) is 11.1 Å². The maximum Gasteiger partial charge on any atom is 0.167 e. The summed E-state index contributed by atoms with van der Waals surface area (Å²) in [6, 6.07) is 0. The molecule has 3 rings (SSSR count). The molecule has 74 valence electrons. The molecule has 15 heavy (non-hydrogen) atoms. The number of allylic oxidation sites excluding steroid dienone is 7. The topological polar surface area (TPSA) is 26.0 Å². The van der Waals surface area contributed by atoms with E-state index < -0.39 is 0 Å². The second kappa shape index (κ2) is 3.09. The Labute approximate surface area is 88.3 Å². The number of nitrogens with zero attached hydrogens (tertiary/aromatic N) is 1. The van der Waals surface area contributed by atoms with Gasteiger partial charge < -0.3 is 4.52 Å². The van der Waals surface area contributed by atoms with E-state index in [0.29, 0.717) is 5.92 Å². The van der Waals surface area contributed by atoms with Gasteiger partial charge in [0.1, 0.15) is 0 Å². The van der Waals surface area contributed by atoms with E-state index in [1.807, 2.05) is 6.08 Å². The van der Waals surface area contributed by atoms with E-state index in [2.05, 4.69) is 42.5 Å². The first-order chi connectivity index (χ1) is 7.36. The van der Waals surface area contributed by atoms with Crippen LogP contribution in [0.2, 0.25) is 0 Å². The van der Waals surface area contributed by atoms with Gasteiger partial charge in [-0.25, -0.2) is 0 Å². The lowest BCUT2D eigenvalue weighted by Crippen LogP contribution is -1.98. The molecule has 0 fully saturated rings. The van der Waals surface area contributed by atoms with Crippen molar-refractivity contribution in [2.75, 3.05) is 0 Å². The van der Waals surface area contributed by atoms with E-state index in [9.17, 15) is 0 Å². The predicted octanol–water partition coefficient (Wildman–Crippen LogP) is 3.22. The standard InChI is InChI=1S/C13H11NO/c1-9-10-4-2-3-5-11(9)12-8-14-15-13(12)7-6-10/h2-9H,1H3. The lowest BCUT2D eigenvalue weighted by molar-refractivity contribution is 0.412. The molecule has 2 heteroatoms. The molecule has 0 aliphatic heterocycles. The zero-order chi connectivity index (χ0) is 10.3. The van der Waals surface area contributed by atoms with Crippen LogP contribution in [0.1, 0.15) is 18.2 Å². The van der Waals surface area contributed by atoms with E-state index >= 15 is 0 Å². The fourth-order valence-electron chi connectivity index (χ4n) is 2.07. The number of rotatable bonds is 0. The van der Waals surface area contributed by atoms with Gasteiger partial charge in [-0.3, -0.25) is 0 Å². The second-order valence-corrected chi connectivity index (χ2v) is 3.83. The third kappa shape index (κ3) is 1.22. The molecule has 2 aliphatic carbocycles. The smallest absolute Gasteiger partial charge is 0.167 e. The second-order valence-electron chi connectivity index (χ2n) is 3.83. The van der Waals surface area contributed by atoms with Crippen LogP contribution in [0.15, 0.2) is 46.7 Å². The van der Waals surface area contributed by atoms with Crippen molar-refractivity contribution in [2.24, 2.45) is 5.92 Å². The number of hydrogen-bond acceptors (Lipinski definition) is 2. The summed E-state index contributed by atoms with van der Waals surface area (Å²) < 4.78 is 5.20. The summed E-state index contributed by atoms with van der Waals surface area (Å²) in [4.78, 5) is 0. The highest BCUT2D eigenvalue weighted by Crippen LogP contribution is 2.36. The summed E-state index contributed by atoms with van der Waals surface area (Å²) in [5.74, 6) is 1.25. The highest BCUT2D eigenvalue weighted by molar-refractivity contribution is 5.79. The van der Waals surface area contributed by atoms with Crippen LogP contribution >= 0.6 is 0 Å². The molecule has 0 N–H and O–H groups in total. The van der Waals surface area contributed by atoms with E-state index in [0.717, 1.165) is 11.3 Å². The van der Waals surface area contributed by atoms with Crippen LogP contribution < -0.4 is 0 Å². The Hall–Kier alpha value is -1.83. The minimum atomic E-state index is 0.400. The van der Waals surface area contributed by atoms with Crippen LogP contribution in [0, 0.1) is 5.92 Å². The fraction of sp³-hybridized carbons (Fsp3) is 0.154. The Morgan fingerprint density at radius 3 is 3.00 bits per heavy atom.